The average molecular weight is 740 g/mol. The molecule has 2 aliphatic carbocycles. The first-order chi connectivity index (χ1) is 24.8. The summed E-state index contributed by atoms with van der Waals surface area (Å²) in [5.74, 6) is -5.82. The van der Waals surface area contributed by atoms with Crippen molar-refractivity contribution in [1.29, 1.82) is 0 Å². The van der Waals surface area contributed by atoms with Gasteiger partial charge in [0.1, 0.15) is 34.7 Å². The van der Waals surface area contributed by atoms with Crippen LogP contribution in [-0.2, 0) is 29.9 Å². The third kappa shape index (κ3) is 6.26. The van der Waals surface area contributed by atoms with Crippen LogP contribution >= 0.6 is 0 Å². The Hall–Kier alpha value is -5.43. The van der Waals surface area contributed by atoms with Crippen molar-refractivity contribution in [2.75, 3.05) is 5.73 Å². The fourth-order valence-corrected chi connectivity index (χ4v) is 7.44. The zero-order valence-corrected chi connectivity index (χ0v) is 28.4. The fourth-order valence-electron chi connectivity index (χ4n) is 7.44. The number of anilines is 1. The van der Waals surface area contributed by atoms with E-state index in [9.17, 15) is 31.9 Å². The molecule has 9 nitrogen and oxygen atoms in total. The number of nitrogens with two attached hydrogens (primary N) is 2. The number of aliphatic hydroxyl groups is 1. The number of fused-ring (bicyclic) bond motifs is 4. The normalized spacial score (nSPS) is 18.6. The molecule has 3 aromatic heterocycles. The van der Waals surface area contributed by atoms with E-state index < -0.39 is 82.4 Å². The number of benzene rings is 2. The van der Waals surface area contributed by atoms with E-state index >= 15 is 8.78 Å². The van der Waals surface area contributed by atoms with Gasteiger partial charge in [0.2, 0.25) is 5.91 Å². The zero-order valence-electron chi connectivity index (χ0n) is 28.4. The molecular weight excluding hydrogens is 707 g/mol. The number of carbonyl (C=O) groups excluding carboxylic acids is 1. The van der Waals surface area contributed by atoms with Crippen LogP contribution in [-0.4, -0.2) is 41.2 Å². The first kappa shape index (κ1) is 36.0. The highest BCUT2D eigenvalue weighted by atomic mass is 19.4. The van der Waals surface area contributed by atoms with E-state index in [4.69, 9.17) is 16.5 Å². The largest absolute Gasteiger partial charge is 0.435 e. The highest BCUT2D eigenvalue weighted by molar-refractivity contribution is 6.00. The van der Waals surface area contributed by atoms with E-state index in [2.05, 4.69) is 22.0 Å². The Bertz CT molecular complexity index is 2340. The molecular formula is C37H32F7N7O2. The number of hydrogen-bond donors (Lipinski definition) is 3. The standard InChI is InChI=1S/C37H32F7N7O2/c1-4-50-29-22(6-5-7-23(29)33(45)49-50)21-9-8-20(10-11-35(2,3)53)47-28(21)25(14-17-12-18(38)15-19(39)13-17)30(34(46)52)51-32-27(31(48-51)37(42,43)44)24-16-26(24)36(32,40)41/h5-9,12-13,15,24-26,30,53H,4,14,16H2,1-3H3,(H2,45,49)(H2,46,52)/t24-,25+,26+,30?/m0/s1. The smallest absolute Gasteiger partial charge is 0.382 e. The monoisotopic (exact) mass is 739 g/mol. The number of nitrogens with zero attached hydrogens (tertiary/aromatic N) is 5. The van der Waals surface area contributed by atoms with Gasteiger partial charge in [-0.25, -0.2) is 18.4 Å². The van der Waals surface area contributed by atoms with Gasteiger partial charge >= 0.3 is 6.18 Å². The Balaban J connectivity index is 1.56. The van der Waals surface area contributed by atoms with Gasteiger partial charge < -0.3 is 16.6 Å². The van der Waals surface area contributed by atoms with Gasteiger partial charge in [-0.15, -0.1) is 0 Å². The van der Waals surface area contributed by atoms with E-state index in [-0.39, 0.29) is 34.8 Å². The molecule has 0 saturated heterocycles. The van der Waals surface area contributed by atoms with Crippen LogP contribution in [0, 0.1) is 29.4 Å². The lowest BCUT2D eigenvalue weighted by atomic mass is 9.84. The van der Waals surface area contributed by atoms with E-state index in [0.29, 0.717) is 33.8 Å². The molecule has 5 aromatic rings. The number of primary amides is 1. The first-order valence-corrected chi connectivity index (χ1v) is 16.6. The summed E-state index contributed by atoms with van der Waals surface area (Å²) < 4.78 is 107. The van der Waals surface area contributed by atoms with Gasteiger partial charge in [-0.3, -0.25) is 9.48 Å². The molecule has 7 rings (SSSR count). The molecule has 0 spiro atoms. The maximum atomic E-state index is 16.0. The van der Waals surface area contributed by atoms with Crippen LogP contribution in [0.3, 0.4) is 0 Å². The molecule has 276 valence electrons. The van der Waals surface area contributed by atoms with Crippen molar-refractivity contribution >= 4 is 22.6 Å². The first-order valence-electron chi connectivity index (χ1n) is 16.6. The van der Waals surface area contributed by atoms with E-state index in [0.717, 1.165) is 12.1 Å². The fraction of sp³-hybridized carbons (Fsp3) is 0.351. The maximum Gasteiger partial charge on any atom is 0.435 e. The van der Waals surface area contributed by atoms with Gasteiger partial charge in [0, 0.05) is 46.5 Å². The number of halogens is 7. The molecule has 1 amide bonds. The lowest BCUT2D eigenvalue weighted by molar-refractivity contribution is -0.142. The van der Waals surface area contributed by atoms with Crippen molar-refractivity contribution in [1.82, 2.24) is 24.5 Å². The number of nitrogen functional groups attached to an aromatic ring is 1. The van der Waals surface area contributed by atoms with E-state index in [1.165, 1.54) is 19.9 Å². The molecule has 0 radical (unpaired) electrons. The van der Waals surface area contributed by atoms with Crippen molar-refractivity contribution in [2.45, 2.75) is 75.7 Å². The summed E-state index contributed by atoms with van der Waals surface area (Å²) in [6.45, 7) is 4.98. The van der Waals surface area contributed by atoms with E-state index in [1.54, 1.807) is 28.9 Å². The van der Waals surface area contributed by atoms with Gasteiger partial charge in [-0.2, -0.15) is 32.1 Å². The number of aromatic nitrogens is 5. The van der Waals surface area contributed by atoms with Crippen molar-refractivity contribution in [3.8, 4) is 23.0 Å². The minimum atomic E-state index is -5.17. The van der Waals surface area contributed by atoms with Crippen LogP contribution in [0.2, 0.25) is 0 Å². The Kier molecular flexibility index (Phi) is 8.36. The molecule has 1 fully saturated rings. The lowest BCUT2D eigenvalue weighted by Gasteiger charge is -2.29. The second-order valence-corrected chi connectivity index (χ2v) is 13.9. The highest BCUT2D eigenvalue weighted by Crippen LogP contribution is 2.69. The molecule has 2 aliphatic rings. The third-order valence-electron chi connectivity index (χ3n) is 9.63. The summed E-state index contributed by atoms with van der Waals surface area (Å²) in [7, 11) is 0. The van der Waals surface area contributed by atoms with Crippen LogP contribution in [0.25, 0.3) is 22.0 Å². The summed E-state index contributed by atoms with van der Waals surface area (Å²) in [5.41, 5.74) is 8.30. The molecule has 5 N–H and O–H groups in total. The topological polar surface area (TPSA) is 138 Å². The summed E-state index contributed by atoms with van der Waals surface area (Å²) in [4.78, 5) is 18.4. The van der Waals surface area contributed by atoms with Crippen molar-refractivity contribution in [2.24, 2.45) is 11.7 Å². The molecule has 1 saturated carbocycles. The van der Waals surface area contributed by atoms with Gasteiger partial charge in [-0.1, -0.05) is 18.1 Å². The van der Waals surface area contributed by atoms with Gasteiger partial charge in [0.05, 0.1) is 11.2 Å². The molecule has 4 atom stereocenters. The minimum absolute atomic E-state index is 0.00783. The Morgan fingerprint density at radius 2 is 1.77 bits per heavy atom. The number of amides is 1. The second-order valence-electron chi connectivity index (χ2n) is 13.9. The maximum absolute atomic E-state index is 16.0. The summed E-state index contributed by atoms with van der Waals surface area (Å²) in [6.07, 6.45) is -5.91. The molecule has 2 aromatic carbocycles. The van der Waals surface area contributed by atoms with Crippen LogP contribution in [0.4, 0.5) is 36.6 Å². The molecule has 1 unspecified atom stereocenters. The number of aryl methyl sites for hydroxylation is 1. The van der Waals surface area contributed by atoms with Crippen molar-refractivity contribution in [3.63, 3.8) is 0 Å². The number of alkyl halides is 5. The van der Waals surface area contributed by atoms with Crippen LogP contribution in [0.15, 0.2) is 48.5 Å². The predicted molar refractivity (Wildman–Crippen MR) is 179 cm³/mol. The Labute approximate surface area is 297 Å². The number of rotatable bonds is 8. The van der Waals surface area contributed by atoms with Crippen LogP contribution < -0.4 is 11.5 Å². The molecule has 53 heavy (non-hydrogen) atoms. The summed E-state index contributed by atoms with van der Waals surface area (Å²) in [5, 5.41) is 18.9. The number of para-hydroxylation sites is 1. The SMILES string of the molecule is CCn1nc(N)c2cccc(-c3ccc(C#CC(C)(C)O)nc3[C@@H](Cc3cc(F)cc(F)c3)C(C(N)=O)n3nc(C(F)(F)F)c4c3C(F)(F)[C@@H]3C[C@H]43)c21. The summed E-state index contributed by atoms with van der Waals surface area (Å²) in [6, 6.07) is 8.46. The quantitative estimate of drug-likeness (QED) is 0.122. The predicted octanol–water partition coefficient (Wildman–Crippen LogP) is 6.58. The second kappa shape index (κ2) is 12.3. The van der Waals surface area contributed by atoms with Gasteiger partial charge in [0.25, 0.3) is 5.92 Å². The van der Waals surface area contributed by atoms with E-state index in [1.807, 2.05) is 6.92 Å². The minimum Gasteiger partial charge on any atom is -0.382 e. The third-order valence-corrected chi connectivity index (χ3v) is 9.63. The molecule has 0 bridgehead atoms. The van der Waals surface area contributed by atoms with Crippen LogP contribution in [0.5, 0.6) is 0 Å². The molecule has 3 heterocycles. The van der Waals surface area contributed by atoms with Crippen LogP contribution in [0.1, 0.15) is 79.0 Å². The van der Waals surface area contributed by atoms with Crippen molar-refractivity contribution < 1.29 is 40.6 Å². The number of hydrogen-bond acceptors (Lipinski definition) is 6. The number of pyridine rings is 1. The highest BCUT2D eigenvalue weighted by Gasteiger charge is 2.69. The number of carbonyl (C=O) groups is 1. The zero-order chi connectivity index (χ0) is 38.4. The Morgan fingerprint density at radius 1 is 1.08 bits per heavy atom. The van der Waals surface area contributed by atoms with Gasteiger partial charge in [-0.05, 0) is 81.3 Å². The average Bonchev–Trinajstić information content (AvgIpc) is 3.58. The Morgan fingerprint density at radius 3 is 2.40 bits per heavy atom. The summed E-state index contributed by atoms with van der Waals surface area (Å²) >= 11 is 0. The molecule has 16 heteroatoms. The molecule has 0 aliphatic heterocycles. The lowest BCUT2D eigenvalue weighted by Crippen LogP contribution is -2.37. The van der Waals surface area contributed by atoms with Gasteiger partial charge in [0.15, 0.2) is 11.5 Å². The van der Waals surface area contributed by atoms with Crippen molar-refractivity contribution in [3.05, 3.63) is 94.1 Å².